The molecule has 214 valence electrons. The number of ether oxygens (including phenoxy) is 1. The van der Waals surface area contributed by atoms with Gasteiger partial charge < -0.3 is 9.84 Å². The van der Waals surface area contributed by atoms with Crippen LogP contribution in [-0.2, 0) is 4.79 Å². The van der Waals surface area contributed by atoms with Crippen molar-refractivity contribution in [2.45, 2.75) is 88.6 Å². The van der Waals surface area contributed by atoms with Crippen molar-refractivity contribution in [3.05, 3.63) is 52.6 Å². The zero-order valence-corrected chi connectivity index (χ0v) is 23.6. The van der Waals surface area contributed by atoms with Crippen LogP contribution in [0.2, 0.25) is 0 Å². The Kier molecular flexibility index (Phi) is 7.20. The zero-order chi connectivity index (χ0) is 28.1. The van der Waals surface area contributed by atoms with Gasteiger partial charge in [-0.2, -0.15) is 8.78 Å². The monoisotopic (exact) mass is 549 g/mol. The van der Waals surface area contributed by atoms with E-state index in [1.807, 2.05) is 25.1 Å². The van der Waals surface area contributed by atoms with Crippen LogP contribution in [0.25, 0.3) is 0 Å². The molecule has 1 heterocycles. The average Bonchev–Trinajstić information content (AvgIpc) is 3.24. The summed E-state index contributed by atoms with van der Waals surface area (Å²) in [5.74, 6) is -1.16. The molecule has 4 nitrogen and oxygen atoms in total. The summed E-state index contributed by atoms with van der Waals surface area (Å²) in [5.41, 5.74) is 1.39. The largest absolute Gasteiger partial charge is 0.492 e. The smallest absolute Gasteiger partial charge is 0.336 e. The third-order valence-electron chi connectivity index (χ3n) is 11.0. The first-order valence-corrected chi connectivity index (χ1v) is 15.2. The molecule has 0 radical (unpaired) electrons. The van der Waals surface area contributed by atoms with Crippen LogP contribution in [0.1, 0.15) is 82.6 Å². The summed E-state index contributed by atoms with van der Waals surface area (Å²) in [4.78, 5) is 14.7. The molecule has 4 aliphatic carbocycles. The van der Waals surface area contributed by atoms with Gasteiger partial charge in [0.15, 0.2) is 5.78 Å². The Morgan fingerprint density at radius 3 is 2.75 bits per heavy atom. The SMILES string of the molecule is C#CC(F)(F)[C@]1(O)CCC2C3CCC4=CC(=O)CCC4=C3[C@@H](c3cccc(OCCN4CCCCC4)c3)C[C@@]21C. The average molecular weight is 550 g/mol. The summed E-state index contributed by atoms with van der Waals surface area (Å²) < 4.78 is 36.8. The normalized spacial score (nSPS) is 34.4. The highest BCUT2D eigenvalue weighted by Gasteiger charge is 2.71. The number of carbonyl (C=O) groups excluding carboxylic acids is 1. The Bertz CT molecular complexity index is 1270. The van der Waals surface area contributed by atoms with Gasteiger partial charge in [0.25, 0.3) is 0 Å². The van der Waals surface area contributed by atoms with Crippen molar-refractivity contribution in [1.82, 2.24) is 4.90 Å². The van der Waals surface area contributed by atoms with E-state index in [1.54, 1.807) is 5.92 Å². The molecule has 6 heteroatoms. The fourth-order valence-electron chi connectivity index (χ4n) is 8.90. The van der Waals surface area contributed by atoms with Crippen molar-refractivity contribution in [2.24, 2.45) is 17.3 Å². The van der Waals surface area contributed by atoms with E-state index < -0.39 is 16.9 Å². The van der Waals surface area contributed by atoms with E-state index in [0.717, 1.165) is 49.4 Å². The van der Waals surface area contributed by atoms with Gasteiger partial charge in [-0.1, -0.05) is 31.1 Å². The van der Waals surface area contributed by atoms with Gasteiger partial charge in [-0.15, -0.1) is 6.42 Å². The number of aliphatic hydroxyl groups is 1. The van der Waals surface area contributed by atoms with Crippen LogP contribution in [0.3, 0.4) is 0 Å². The number of piperidine rings is 1. The maximum absolute atomic E-state index is 15.3. The van der Waals surface area contributed by atoms with Crippen LogP contribution in [-0.4, -0.2) is 53.6 Å². The van der Waals surface area contributed by atoms with Crippen molar-refractivity contribution in [2.75, 3.05) is 26.2 Å². The van der Waals surface area contributed by atoms with Crippen LogP contribution < -0.4 is 4.74 Å². The van der Waals surface area contributed by atoms with Crippen molar-refractivity contribution >= 4 is 5.78 Å². The second-order valence-electron chi connectivity index (χ2n) is 12.9. The first-order valence-electron chi connectivity index (χ1n) is 15.2. The lowest BCUT2D eigenvalue weighted by Gasteiger charge is -2.55. The maximum atomic E-state index is 15.3. The molecule has 3 fully saturated rings. The minimum Gasteiger partial charge on any atom is -0.492 e. The highest BCUT2D eigenvalue weighted by Crippen LogP contribution is 2.69. The number of fused-ring (bicyclic) bond motifs is 4. The Hall–Kier alpha value is -2.49. The van der Waals surface area contributed by atoms with Crippen LogP contribution in [0.5, 0.6) is 5.75 Å². The number of hydrogen-bond donors (Lipinski definition) is 1. The van der Waals surface area contributed by atoms with Crippen LogP contribution in [0.15, 0.2) is 47.1 Å². The molecular formula is C34H41F2NO3. The first-order chi connectivity index (χ1) is 19.2. The number of halogens is 2. The van der Waals surface area contributed by atoms with E-state index in [1.165, 1.54) is 30.4 Å². The molecule has 0 spiro atoms. The molecule has 6 rings (SSSR count). The third-order valence-corrected chi connectivity index (χ3v) is 11.0. The molecule has 0 amide bonds. The summed E-state index contributed by atoms with van der Waals surface area (Å²) in [7, 11) is 0. The van der Waals surface area contributed by atoms with Gasteiger partial charge in [0, 0.05) is 24.3 Å². The number of allylic oxidation sites excluding steroid dienone is 4. The Balaban J connectivity index is 1.37. The van der Waals surface area contributed by atoms with Gasteiger partial charge in [-0.3, -0.25) is 9.69 Å². The molecule has 40 heavy (non-hydrogen) atoms. The van der Waals surface area contributed by atoms with E-state index >= 15 is 8.78 Å². The molecule has 1 saturated heterocycles. The highest BCUT2D eigenvalue weighted by molar-refractivity contribution is 5.93. The first kappa shape index (κ1) is 27.7. The second kappa shape index (κ2) is 10.4. The summed E-state index contributed by atoms with van der Waals surface area (Å²) in [5, 5.41) is 11.7. The lowest BCUT2D eigenvalue weighted by Crippen LogP contribution is -2.60. The standard InChI is InChI=1S/C34H41F2NO3/c1-3-34(35,36)33(39)15-14-30-28-12-10-24-20-25(38)11-13-27(24)31(28)29(22-32(30,33)2)23-8-7-9-26(21-23)40-19-18-37-16-5-4-6-17-37/h1,7-9,20-21,28-30,39H,4-6,10-19,22H2,2H3/t28?,29-,30?,32+,33+/m1/s1. The number of benzene rings is 1. The molecule has 0 aromatic heterocycles. The highest BCUT2D eigenvalue weighted by atomic mass is 19.3. The number of carbonyl (C=O) groups is 1. The lowest BCUT2D eigenvalue weighted by molar-refractivity contribution is -0.209. The Labute approximate surface area is 236 Å². The fraction of sp³-hybridized carbons (Fsp3) is 0.618. The van der Waals surface area contributed by atoms with Gasteiger partial charge in [0.2, 0.25) is 0 Å². The van der Waals surface area contributed by atoms with Crippen molar-refractivity contribution in [3.8, 4) is 18.1 Å². The summed E-state index contributed by atoms with van der Waals surface area (Å²) in [6, 6.07) is 8.08. The third kappa shape index (κ3) is 4.45. The minimum absolute atomic E-state index is 0.00195. The number of likely N-dealkylation sites (tertiary alicyclic amines) is 1. The number of terminal acetylenes is 1. The molecule has 1 aromatic rings. The number of hydrogen-bond acceptors (Lipinski definition) is 4. The molecule has 2 unspecified atom stereocenters. The predicted molar refractivity (Wildman–Crippen MR) is 151 cm³/mol. The van der Waals surface area contributed by atoms with Crippen LogP contribution >= 0.6 is 0 Å². The maximum Gasteiger partial charge on any atom is 0.336 e. The van der Waals surface area contributed by atoms with Gasteiger partial charge in [-0.05, 0) is 117 Å². The van der Waals surface area contributed by atoms with Crippen molar-refractivity contribution in [1.29, 1.82) is 0 Å². The van der Waals surface area contributed by atoms with Crippen LogP contribution in [0, 0.1) is 29.6 Å². The zero-order valence-electron chi connectivity index (χ0n) is 23.6. The van der Waals surface area contributed by atoms with Gasteiger partial charge >= 0.3 is 5.92 Å². The quantitative estimate of drug-likeness (QED) is 0.415. The van der Waals surface area contributed by atoms with Gasteiger partial charge in [0.05, 0.1) is 0 Å². The van der Waals surface area contributed by atoms with E-state index in [2.05, 4.69) is 17.0 Å². The summed E-state index contributed by atoms with van der Waals surface area (Å²) in [6.07, 6.45) is 14.6. The fourth-order valence-corrected chi connectivity index (χ4v) is 8.90. The predicted octanol–water partition coefficient (Wildman–Crippen LogP) is 6.45. The number of nitrogens with zero attached hydrogens (tertiary/aromatic N) is 1. The molecule has 5 atom stereocenters. The minimum atomic E-state index is -3.61. The summed E-state index contributed by atoms with van der Waals surface area (Å²) in [6.45, 7) is 5.58. The molecule has 0 bridgehead atoms. The van der Waals surface area contributed by atoms with E-state index in [9.17, 15) is 9.90 Å². The van der Waals surface area contributed by atoms with Crippen molar-refractivity contribution < 1.29 is 23.4 Å². The lowest BCUT2D eigenvalue weighted by atomic mass is 9.50. The van der Waals surface area contributed by atoms with Gasteiger partial charge in [0.1, 0.15) is 18.0 Å². The molecule has 1 aromatic carbocycles. The van der Waals surface area contributed by atoms with E-state index in [4.69, 9.17) is 11.2 Å². The number of ketones is 1. The Morgan fingerprint density at radius 2 is 1.98 bits per heavy atom. The van der Waals surface area contributed by atoms with E-state index in [0.29, 0.717) is 32.3 Å². The molecule has 1 N–H and O–H groups in total. The molecule has 2 saturated carbocycles. The number of rotatable bonds is 6. The molecule has 5 aliphatic rings. The Morgan fingerprint density at radius 1 is 1.18 bits per heavy atom. The van der Waals surface area contributed by atoms with Crippen LogP contribution in [0.4, 0.5) is 8.78 Å². The number of alkyl halides is 2. The van der Waals surface area contributed by atoms with E-state index in [-0.39, 0.29) is 30.0 Å². The second-order valence-corrected chi connectivity index (χ2v) is 12.9. The van der Waals surface area contributed by atoms with Crippen molar-refractivity contribution in [3.63, 3.8) is 0 Å². The summed E-state index contributed by atoms with van der Waals surface area (Å²) >= 11 is 0. The topological polar surface area (TPSA) is 49.8 Å². The molecule has 1 aliphatic heterocycles. The van der Waals surface area contributed by atoms with Gasteiger partial charge in [-0.25, -0.2) is 0 Å². The molecular weight excluding hydrogens is 508 g/mol.